The fourth-order valence-corrected chi connectivity index (χ4v) is 1.17. The third kappa shape index (κ3) is 3.58. The smallest absolute Gasteiger partial charge is 0.119 e. The van der Waals surface area contributed by atoms with Crippen LogP contribution in [0.3, 0.4) is 0 Å². The van der Waals surface area contributed by atoms with Crippen molar-refractivity contribution >= 4 is 38.5 Å². The first-order chi connectivity index (χ1) is 5.68. The molecule has 0 amide bonds. The van der Waals surface area contributed by atoms with Crippen LogP contribution in [0.1, 0.15) is 0 Å². The van der Waals surface area contributed by atoms with Crippen LogP contribution in [0.2, 0.25) is 0 Å². The summed E-state index contributed by atoms with van der Waals surface area (Å²) in [5.74, 6) is 0.871. The molecule has 3 heteroatoms. The lowest BCUT2D eigenvalue weighted by molar-refractivity contribution is 0.361. The molecule has 0 spiro atoms. The molecule has 0 aliphatic heterocycles. The molecular weight excluding hydrogens is 331 g/mol. The van der Waals surface area contributed by atoms with Crippen molar-refractivity contribution in [3.63, 3.8) is 0 Å². The fraction of sp³-hybridized carbons (Fsp3) is 0.111. The second kappa shape index (κ2) is 4.87. The molecule has 12 heavy (non-hydrogen) atoms. The van der Waals surface area contributed by atoms with Crippen molar-refractivity contribution < 1.29 is 4.74 Å². The van der Waals surface area contributed by atoms with E-state index in [0.717, 1.165) is 10.2 Å². The van der Waals surface area contributed by atoms with Crippen molar-refractivity contribution in [1.29, 1.82) is 0 Å². The lowest BCUT2D eigenvalue weighted by Crippen LogP contribution is -1.95. The summed E-state index contributed by atoms with van der Waals surface area (Å²) in [5.41, 5.74) is 0. The van der Waals surface area contributed by atoms with Crippen molar-refractivity contribution in [2.75, 3.05) is 6.61 Å². The van der Waals surface area contributed by atoms with E-state index < -0.39 is 0 Å². The van der Waals surface area contributed by atoms with Gasteiger partial charge in [-0.05, 0) is 46.9 Å². The second-order valence-corrected chi connectivity index (χ2v) is 4.63. The molecule has 0 radical (unpaired) electrons. The Bertz CT molecular complexity index is 268. The van der Waals surface area contributed by atoms with Gasteiger partial charge in [0.05, 0.1) is 0 Å². The molecule has 0 N–H and O–H groups in total. The Hall–Kier alpha value is -0.0300. The summed E-state index contributed by atoms with van der Waals surface area (Å²) in [6, 6.07) is 7.90. The van der Waals surface area contributed by atoms with E-state index in [2.05, 4.69) is 45.1 Å². The van der Waals surface area contributed by atoms with Crippen molar-refractivity contribution in [1.82, 2.24) is 0 Å². The number of hydrogen-bond donors (Lipinski definition) is 0. The van der Waals surface area contributed by atoms with E-state index in [1.54, 1.807) is 0 Å². The quantitative estimate of drug-likeness (QED) is 0.765. The summed E-state index contributed by atoms with van der Waals surface area (Å²) in [5, 5.41) is 0. The Morgan fingerprint density at radius 1 is 1.42 bits per heavy atom. The van der Waals surface area contributed by atoms with Gasteiger partial charge in [0.2, 0.25) is 0 Å². The molecule has 0 aliphatic rings. The summed E-state index contributed by atoms with van der Waals surface area (Å²) >= 11 is 5.48. The number of benzene rings is 1. The van der Waals surface area contributed by atoms with Gasteiger partial charge in [0.1, 0.15) is 12.4 Å². The maximum Gasteiger partial charge on any atom is 0.119 e. The van der Waals surface area contributed by atoms with Gasteiger partial charge in [-0.25, -0.2) is 0 Å². The Labute approximate surface area is 94.1 Å². The van der Waals surface area contributed by atoms with Crippen molar-refractivity contribution in [3.05, 3.63) is 38.9 Å². The molecule has 0 bridgehead atoms. The van der Waals surface area contributed by atoms with E-state index >= 15 is 0 Å². The van der Waals surface area contributed by atoms with Crippen LogP contribution in [-0.4, -0.2) is 6.61 Å². The van der Waals surface area contributed by atoms with Crippen LogP contribution in [0.4, 0.5) is 0 Å². The molecule has 1 rings (SSSR count). The molecule has 0 aliphatic carbocycles. The molecule has 0 unspecified atom stereocenters. The molecule has 0 aromatic heterocycles. The maximum atomic E-state index is 5.37. The predicted molar refractivity (Wildman–Crippen MR) is 62.7 cm³/mol. The molecule has 1 aromatic rings. The molecule has 64 valence electrons. The Balaban J connectivity index is 2.53. The van der Waals surface area contributed by atoms with Gasteiger partial charge < -0.3 is 4.74 Å². The van der Waals surface area contributed by atoms with Crippen molar-refractivity contribution in [3.8, 4) is 5.75 Å². The molecule has 0 atom stereocenters. The zero-order chi connectivity index (χ0) is 8.97. The average molecular weight is 339 g/mol. The molecule has 1 nitrogen and oxygen atoms in total. The van der Waals surface area contributed by atoms with Gasteiger partial charge in [-0.3, -0.25) is 0 Å². The summed E-state index contributed by atoms with van der Waals surface area (Å²) in [4.78, 5) is 0. The van der Waals surface area contributed by atoms with Gasteiger partial charge in [0.25, 0.3) is 0 Å². The van der Waals surface area contributed by atoms with Crippen LogP contribution in [-0.2, 0) is 0 Å². The van der Waals surface area contributed by atoms with Crippen molar-refractivity contribution in [2.24, 2.45) is 0 Å². The first-order valence-corrected chi connectivity index (χ1v) is 5.27. The van der Waals surface area contributed by atoms with Gasteiger partial charge in [-0.1, -0.05) is 22.5 Å². The zero-order valence-electron chi connectivity index (χ0n) is 6.39. The van der Waals surface area contributed by atoms with Crippen molar-refractivity contribution in [2.45, 2.75) is 0 Å². The highest BCUT2D eigenvalue weighted by molar-refractivity contribution is 14.1. The first kappa shape index (κ1) is 10.1. The molecule has 0 fully saturated rings. The van der Waals surface area contributed by atoms with E-state index in [4.69, 9.17) is 4.74 Å². The van der Waals surface area contributed by atoms with Crippen LogP contribution in [0.15, 0.2) is 35.3 Å². The van der Waals surface area contributed by atoms with Crippen LogP contribution < -0.4 is 4.74 Å². The topological polar surface area (TPSA) is 9.23 Å². The van der Waals surface area contributed by atoms with Crippen LogP contribution in [0, 0.1) is 3.57 Å². The summed E-state index contributed by atoms with van der Waals surface area (Å²) < 4.78 is 7.43. The van der Waals surface area contributed by atoms with E-state index in [1.165, 1.54) is 3.57 Å². The monoisotopic (exact) mass is 338 g/mol. The number of rotatable bonds is 3. The predicted octanol–water partition coefficient (Wildman–Crippen LogP) is 3.58. The Morgan fingerprint density at radius 2 is 2.00 bits per heavy atom. The number of halogens is 2. The van der Waals surface area contributed by atoms with Gasteiger partial charge in [0.15, 0.2) is 0 Å². The summed E-state index contributed by atoms with van der Waals surface area (Å²) in [6.45, 7) is 4.19. The number of ether oxygens (including phenoxy) is 1. The van der Waals surface area contributed by atoms with Crippen LogP contribution >= 0.6 is 38.5 Å². The molecule has 0 saturated heterocycles. The Kier molecular flexibility index (Phi) is 4.08. The molecule has 0 saturated carbocycles. The van der Waals surface area contributed by atoms with E-state index in [0.29, 0.717) is 6.61 Å². The van der Waals surface area contributed by atoms with Crippen LogP contribution in [0.5, 0.6) is 5.75 Å². The van der Waals surface area contributed by atoms with Gasteiger partial charge in [-0.15, -0.1) is 0 Å². The third-order valence-electron chi connectivity index (χ3n) is 1.21. The summed E-state index contributed by atoms with van der Waals surface area (Å²) in [7, 11) is 0. The van der Waals surface area contributed by atoms with E-state index in [9.17, 15) is 0 Å². The van der Waals surface area contributed by atoms with Gasteiger partial charge >= 0.3 is 0 Å². The highest BCUT2D eigenvalue weighted by Crippen LogP contribution is 2.14. The fourth-order valence-electron chi connectivity index (χ4n) is 0.692. The van der Waals surface area contributed by atoms with Gasteiger partial charge in [0, 0.05) is 8.05 Å². The van der Waals surface area contributed by atoms with E-state index in [-0.39, 0.29) is 0 Å². The standard InChI is InChI=1S/C9H8BrIO/c1-7(10)6-12-9-4-2-8(11)3-5-9/h2-5H,1,6H2. The molecular formula is C9H8BrIO. The SMILES string of the molecule is C=C(Br)COc1ccc(I)cc1. The Morgan fingerprint density at radius 3 is 2.50 bits per heavy atom. The average Bonchev–Trinajstić information content (AvgIpc) is 2.03. The minimum Gasteiger partial charge on any atom is -0.488 e. The summed E-state index contributed by atoms with van der Waals surface area (Å²) in [6.07, 6.45) is 0. The highest BCUT2D eigenvalue weighted by atomic mass is 127. The minimum absolute atomic E-state index is 0.514. The molecule has 1 aromatic carbocycles. The number of hydrogen-bond acceptors (Lipinski definition) is 1. The van der Waals surface area contributed by atoms with Gasteiger partial charge in [-0.2, -0.15) is 0 Å². The third-order valence-corrected chi connectivity index (χ3v) is 2.16. The second-order valence-electron chi connectivity index (χ2n) is 2.26. The lowest BCUT2D eigenvalue weighted by Gasteiger charge is -2.03. The zero-order valence-corrected chi connectivity index (χ0v) is 10.1. The highest BCUT2D eigenvalue weighted by Gasteiger charge is 1.93. The van der Waals surface area contributed by atoms with E-state index in [1.807, 2.05) is 24.3 Å². The first-order valence-electron chi connectivity index (χ1n) is 3.40. The molecule has 0 heterocycles. The van der Waals surface area contributed by atoms with Crippen LogP contribution in [0.25, 0.3) is 0 Å². The minimum atomic E-state index is 0.514. The lowest BCUT2D eigenvalue weighted by atomic mass is 10.3. The normalized spacial score (nSPS) is 9.50. The maximum absolute atomic E-state index is 5.37. The largest absolute Gasteiger partial charge is 0.488 e.